The second-order valence-electron chi connectivity index (χ2n) is 2.89. The molecule has 0 atom stereocenters. The van der Waals surface area contributed by atoms with Gasteiger partial charge in [0.05, 0.1) is 0 Å². The maximum absolute atomic E-state index is 9.65. The van der Waals surface area contributed by atoms with Crippen molar-refractivity contribution in [3.05, 3.63) is 0 Å². The summed E-state index contributed by atoms with van der Waals surface area (Å²) in [7, 11) is 0. The van der Waals surface area contributed by atoms with E-state index in [1.807, 2.05) is 6.92 Å². The van der Waals surface area contributed by atoms with Gasteiger partial charge in [0.1, 0.15) is 5.60 Å². The lowest BCUT2D eigenvalue weighted by molar-refractivity contribution is 0.110. The van der Waals surface area contributed by atoms with E-state index in [0.717, 1.165) is 32.1 Å². The zero-order valence-corrected chi connectivity index (χ0v) is 6.48. The van der Waals surface area contributed by atoms with E-state index >= 15 is 0 Å². The Hall–Kier alpha value is -0.480. The number of rotatable bonds is 0. The van der Waals surface area contributed by atoms with E-state index in [1.54, 1.807) is 0 Å². The highest BCUT2D eigenvalue weighted by atomic mass is 16.3. The average Bonchev–Trinajstić information content (AvgIpc) is 2.33. The van der Waals surface area contributed by atoms with Crippen molar-refractivity contribution in [1.29, 1.82) is 0 Å². The van der Waals surface area contributed by atoms with Gasteiger partial charge in [-0.25, -0.2) is 0 Å². The van der Waals surface area contributed by atoms with Crippen molar-refractivity contribution in [2.24, 2.45) is 0 Å². The van der Waals surface area contributed by atoms with E-state index in [9.17, 15) is 5.11 Å². The monoisotopic (exact) mass is 138 g/mol. The van der Waals surface area contributed by atoms with Crippen molar-refractivity contribution < 1.29 is 5.11 Å². The minimum absolute atomic E-state index is 0.615. The maximum atomic E-state index is 9.65. The van der Waals surface area contributed by atoms with E-state index in [2.05, 4.69) is 11.8 Å². The van der Waals surface area contributed by atoms with Crippen LogP contribution in [0.3, 0.4) is 0 Å². The van der Waals surface area contributed by atoms with Crippen molar-refractivity contribution in [2.45, 2.75) is 44.6 Å². The highest BCUT2D eigenvalue weighted by Crippen LogP contribution is 2.28. The van der Waals surface area contributed by atoms with Crippen molar-refractivity contribution in [2.75, 3.05) is 0 Å². The van der Waals surface area contributed by atoms with Gasteiger partial charge in [0.2, 0.25) is 0 Å². The summed E-state index contributed by atoms with van der Waals surface area (Å²) in [5.41, 5.74) is -0.615. The molecular formula is C9H14O. The molecule has 0 unspecified atom stereocenters. The summed E-state index contributed by atoms with van der Waals surface area (Å²) in [6.07, 6.45) is 4.87. The van der Waals surface area contributed by atoms with Crippen LogP contribution in [-0.4, -0.2) is 10.7 Å². The molecule has 10 heavy (non-hydrogen) atoms. The van der Waals surface area contributed by atoms with Crippen LogP contribution in [0.5, 0.6) is 0 Å². The van der Waals surface area contributed by atoms with E-state index < -0.39 is 5.60 Å². The lowest BCUT2D eigenvalue weighted by atomic mass is 10.0. The summed E-state index contributed by atoms with van der Waals surface area (Å²) in [5.74, 6) is 5.84. The van der Waals surface area contributed by atoms with Crippen molar-refractivity contribution in [1.82, 2.24) is 0 Å². The smallest absolute Gasteiger partial charge is 0.125 e. The van der Waals surface area contributed by atoms with E-state index in [0.29, 0.717) is 0 Å². The van der Waals surface area contributed by atoms with Crippen LogP contribution in [0.4, 0.5) is 0 Å². The fourth-order valence-electron chi connectivity index (χ4n) is 1.34. The SMILES string of the molecule is CCC#CC1(O)CCCC1. The van der Waals surface area contributed by atoms with Gasteiger partial charge in [0.15, 0.2) is 0 Å². The van der Waals surface area contributed by atoms with E-state index in [4.69, 9.17) is 0 Å². The zero-order chi connectivity index (χ0) is 7.45. The van der Waals surface area contributed by atoms with Gasteiger partial charge < -0.3 is 5.11 Å². The van der Waals surface area contributed by atoms with Crippen LogP contribution in [-0.2, 0) is 0 Å². The summed E-state index contributed by atoms with van der Waals surface area (Å²) in [5, 5.41) is 9.65. The van der Waals surface area contributed by atoms with Crippen LogP contribution in [0, 0.1) is 11.8 Å². The Bertz CT molecular complexity index is 155. The first-order chi connectivity index (χ1) is 4.77. The molecule has 0 aliphatic heterocycles. The summed E-state index contributed by atoms with van der Waals surface area (Å²) in [6, 6.07) is 0. The standard InChI is InChI=1S/C9H14O/c1-2-3-6-9(10)7-4-5-8-9/h10H,2,4-5,7-8H2,1H3. The third-order valence-corrected chi connectivity index (χ3v) is 1.93. The number of hydrogen-bond donors (Lipinski definition) is 1. The third kappa shape index (κ3) is 1.75. The van der Waals surface area contributed by atoms with Gasteiger partial charge in [-0.2, -0.15) is 0 Å². The molecule has 0 bridgehead atoms. The van der Waals surface area contributed by atoms with Crippen molar-refractivity contribution >= 4 is 0 Å². The molecule has 1 saturated carbocycles. The highest BCUT2D eigenvalue weighted by molar-refractivity contribution is 5.14. The molecule has 0 spiro atoms. The summed E-state index contributed by atoms with van der Waals surface area (Å²) in [6.45, 7) is 2.01. The van der Waals surface area contributed by atoms with Gasteiger partial charge in [0, 0.05) is 6.42 Å². The van der Waals surface area contributed by atoms with E-state index in [1.165, 1.54) is 0 Å². The molecule has 1 rings (SSSR count). The van der Waals surface area contributed by atoms with E-state index in [-0.39, 0.29) is 0 Å². The third-order valence-electron chi connectivity index (χ3n) is 1.93. The van der Waals surface area contributed by atoms with Gasteiger partial charge in [-0.05, 0) is 25.7 Å². The van der Waals surface area contributed by atoms with Crippen LogP contribution >= 0.6 is 0 Å². The molecular weight excluding hydrogens is 124 g/mol. The molecule has 1 aliphatic rings. The molecule has 0 amide bonds. The quantitative estimate of drug-likeness (QED) is 0.505. The maximum Gasteiger partial charge on any atom is 0.125 e. The molecule has 0 aromatic heterocycles. The summed E-state index contributed by atoms with van der Waals surface area (Å²) in [4.78, 5) is 0. The Labute approximate surface area is 62.4 Å². The molecule has 1 aliphatic carbocycles. The fraction of sp³-hybridized carbons (Fsp3) is 0.778. The van der Waals surface area contributed by atoms with Gasteiger partial charge in [-0.15, -0.1) is 5.92 Å². The summed E-state index contributed by atoms with van der Waals surface area (Å²) < 4.78 is 0. The first-order valence-electron chi connectivity index (χ1n) is 3.99. The normalized spacial score (nSPS) is 21.8. The van der Waals surface area contributed by atoms with Gasteiger partial charge >= 0.3 is 0 Å². The predicted molar refractivity (Wildman–Crippen MR) is 41.5 cm³/mol. The van der Waals surface area contributed by atoms with Crippen LogP contribution in [0.15, 0.2) is 0 Å². The Morgan fingerprint density at radius 3 is 2.50 bits per heavy atom. The summed E-state index contributed by atoms with van der Waals surface area (Å²) >= 11 is 0. The largest absolute Gasteiger partial charge is 0.378 e. The number of aliphatic hydroxyl groups is 1. The minimum atomic E-state index is -0.615. The van der Waals surface area contributed by atoms with Crippen LogP contribution < -0.4 is 0 Å². The minimum Gasteiger partial charge on any atom is -0.378 e. The zero-order valence-electron chi connectivity index (χ0n) is 6.48. The Morgan fingerprint density at radius 2 is 2.00 bits per heavy atom. The number of hydrogen-bond acceptors (Lipinski definition) is 1. The lowest BCUT2D eigenvalue weighted by Gasteiger charge is -2.12. The Balaban J connectivity index is 2.51. The molecule has 1 heteroatoms. The van der Waals surface area contributed by atoms with Crippen LogP contribution in [0.1, 0.15) is 39.0 Å². The second kappa shape index (κ2) is 3.07. The molecule has 0 aromatic rings. The molecule has 0 saturated heterocycles. The fourth-order valence-corrected chi connectivity index (χ4v) is 1.34. The molecule has 0 aromatic carbocycles. The molecule has 1 fully saturated rings. The van der Waals surface area contributed by atoms with Crippen LogP contribution in [0.25, 0.3) is 0 Å². The molecule has 0 heterocycles. The Morgan fingerprint density at radius 1 is 1.40 bits per heavy atom. The topological polar surface area (TPSA) is 20.2 Å². The predicted octanol–water partition coefficient (Wildman–Crippen LogP) is 1.70. The molecule has 1 N–H and O–H groups in total. The van der Waals surface area contributed by atoms with Gasteiger partial charge in [0.25, 0.3) is 0 Å². The Kier molecular flexibility index (Phi) is 2.34. The van der Waals surface area contributed by atoms with Gasteiger partial charge in [-0.3, -0.25) is 0 Å². The molecule has 1 nitrogen and oxygen atoms in total. The second-order valence-corrected chi connectivity index (χ2v) is 2.89. The molecule has 0 radical (unpaired) electrons. The van der Waals surface area contributed by atoms with Crippen molar-refractivity contribution in [3.63, 3.8) is 0 Å². The highest BCUT2D eigenvalue weighted by Gasteiger charge is 2.28. The first-order valence-corrected chi connectivity index (χ1v) is 3.99. The van der Waals surface area contributed by atoms with Crippen molar-refractivity contribution in [3.8, 4) is 11.8 Å². The van der Waals surface area contributed by atoms with Crippen LogP contribution in [0.2, 0.25) is 0 Å². The molecule has 56 valence electrons. The van der Waals surface area contributed by atoms with Gasteiger partial charge in [-0.1, -0.05) is 12.8 Å². The lowest BCUT2D eigenvalue weighted by Crippen LogP contribution is -2.20. The average molecular weight is 138 g/mol. The first kappa shape index (κ1) is 7.63.